The van der Waals surface area contributed by atoms with E-state index in [0.717, 1.165) is 0 Å². The summed E-state index contributed by atoms with van der Waals surface area (Å²) in [5, 5.41) is 41.2. The van der Waals surface area contributed by atoms with Gasteiger partial charge in [0.2, 0.25) is 5.95 Å². The Morgan fingerprint density at radius 3 is 2.73 bits per heavy atom. The van der Waals surface area contributed by atoms with Crippen molar-refractivity contribution in [2.24, 2.45) is 0 Å². The van der Waals surface area contributed by atoms with Gasteiger partial charge in [0.15, 0.2) is 11.9 Å². The molecule has 1 saturated heterocycles. The normalized spacial score (nSPS) is 23.8. The van der Waals surface area contributed by atoms with Crippen molar-refractivity contribution >= 4 is 34.6 Å². The van der Waals surface area contributed by atoms with Crippen LogP contribution in [0.2, 0.25) is 0 Å². The lowest BCUT2D eigenvalue weighted by atomic mass is 10.1. The van der Waals surface area contributed by atoms with Crippen molar-refractivity contribution < 1.29 is 25.0 Å². The van der Waals surface area contributed by atoms with Gasteiger partial charge in [-0.25, -0.2) is 9.97 Å². The molecule has 4 unspecified atom stereocenters. The van der Waals surface area contributed by atoms with Crippen LogP contribution < -0.4 is 5.73 Å². The largest absolute Gasteiger partial charge is 0.394 e. The van der Waals surface area contributed by atoms with E-state index in [2.05, 4.69) is 15.0 Å². The van der Waals surface area contributed by atoms with Gasteiger partial charge in [-0.2, -0.15) is 4.98 Å². The maximum Gasteiger partial charge on any atom is 0.273 e. The Bertz CT molecular complexity index is 1090. The molecule has 158 valence electrons. The van der Waals surface area contributed by atoms with E-state index in [4.69, 9.17) is 10.5 Å². The predicted molar refractivity (Wildman–Crippen MR) is 105 cm³/mol. The first-order valence-corrected chi connectivity index (χ1v) is 9.87. The summed E-state index contributed by atoms with van der Waals surface area (Å²) >= 11 is 1.21. The summed E-state index contributed by atoms with van der Waals surface area (Å²) in [5.41, 5.74) is 6.98. The number of nitrogen functional groups attached to an aromatic ring is 1. The Balaban J connectivity index is 1.66. The van der Waals surface area contributed by atoms with Crippen LogP contribution in [0.4, 0.5) is 11.6 Å². The first kappa shape index (κ1) is 20.4. The number of nitrogens with two attached hydrogens (primary N) is 1. The smallest absolute Gasteiger partial charge is 0.273 e. The van der Waals surface area contributed by atoms with Crippen LogP contribution in [0, 0.1) is 10.1 Å². The van der Waals surface area contributed by atoms with Crippen LogP contribution in [0.25, 0.3) is 11.2 Å². The van der Waals surface area contributed by atoms with Gasteiger partial charge in [0.1, 0.15) is 28.9 Å². The number of imidazole rings is 1. The summed E-state index contributed by atoms with van der Waals surface area (Å²) in [4.78, 5) is 23.4. The highest BCUT2D eigenvalue weighted by atomic mass is 32.2. The Hall–Kier alpha value is -2.84. The molecule has 0 spiro atoms. The molecule has 4 rings (SSSR count). The van der Waals surface area contributed by atoms with E-state index in [0.29, 0.717) is 16.1 Å². The van der Waals surface area contributed by atoms with Gasteiger partial charge in [-0.1, -0.05) is 30.0 Å². The van der Waals surface area contributed by atoms with Gasteiger partial charge in [-0.3, -0.25) is 14.7 Å². The quantitative estimate of drug-likeness (QED) is 0.180. The van der Waals surface area contributed by atoms with Crippen LogP contribution in [0.3, 0.4) is 0 Å². The number of nitro groups is 1. The Kier molecular flexibility index (Phi) is 5.53. The second kappa shape index (κ2) is 8.12. The molecule has 0 radical (unpaired) electrons. The molecular formula is C17H18N6O6S. The zero-order chi connectivity index (χ0) is 21.4. The second-order valence-electron chi connectivity index (χ2n) is 6.61. The van der Waals surface area contributed by atoms with E-state index in [9.17, 15) is 25.4 Å². The second-order valence-corrected chi connectivity index (χ2v) is 7.58. The van der Waals surface area contributed by atoms with Crippen LogP contribution in [0.1, 0.15) is 11.8 Å². The topological polar surface area (TPSA) is 183 Å². The van der Waals surface area contributed by atoms with Crippen molar-refractivity contribution in [1.82, 2.24) is 19.5 Å². The minimum atomic E-state index is -1.31. The minimum Gasteiger partial charge on any atom is -0.394 e. The molecule has 2 aromatic heterocycles. The lowest BCUT2D eigenvalue weighted by molar-refractivity contribution is -0.385. The highest BCUT2D eigenvalue weighted by Crippen LogP contribution is 2.35. The van der Waals surface area contributed by atoms with Crippen molar-refractivity contribution in [2.45, 2.75) is 35.3 Å². The molecule has 1 fully saturated rings. The SMILES string of the molecule is Nc1nc(SCc2ccccc2[N+](=O)[O-])c2ncn(C3OC(CO)C(O)C3O)c2n1. The van der Waals surface area contributed by atoms with Crippen LogP contribution >= 0.6 is 11.8 Å². The molecule has 0 aliphatic carbocycles. The lowest BCUT2D eigenvalue weighted by Gasteiger charge is -2.16. The van der Waals surface area contributed by atoms with Gasteiger partial charge >= 0.3 is 0 Å². The van der Waals surface area contributed by atoms with Crippen molar-refractivity contribution in [3.8, 4) is 0 Å². The first-order valence-electron chi connectivity index (χ1n) is 8.88. The number of ether oxygens (including phenoxy) is 1. The van der Waals surface area contributed by atoms with E-state index < -0.39 is 36.1 Å². The third-order valence-electron chi connectivity index (χ3n) is 4.75. The standard InChI is InChI=1S/C17H18N6O6S/c18-17-20-14-11(19-7-22(14)16-13(26)12(25)10(5-24)29-16)15(21-17)30-6-8-3-1-2-4-9(8)23(27)28/h1-4,7,10,12-13,16,24-26H,5-6H2,(H2,18,20,21). The molecule has 3 heterocycles. The highest BCUT2D eigenvalue weighted by Gasteiger charge is 2.44. The van der Waals surface area contributed by atoms with Crippen molar-refractivity contribution in [2.75, 3.05) is 12.3 Å². The Morgan fingerprint density at radius 1 is 1.27 bits per heavy atom. The first-order chi connectivity index (χ1) is 14.4. The highest BCUT2D eigenvalue weighted by molar-refractivity contribution is 7.98. The molecule has 12 nitrogen and oxygen atoms in total. The van der Waals surface area contributed by atoms with Gasteiger partial charge in [-0.15, -0.1) is 0 Å². The number of benzene rings is 1. The summed E-state index contributed by atoms with van der Waals surface area (Å²) in [6.45, 7) is -0.463. The number of nitro benzene ring substituents is 1. The summed E-state index contributed by atoms with van der Waals surface area (Å²) in [5.74, 6) is 0.199. The zero-order valence-corrected chi connectivity index (χ0v) is 16.2. The van der Waals surface area contributed by atoms with Crippen LogP contribution in [-0.2, 0) is 10.5 Å². The number of nitrogens with zero attached hydrogens (tertiary/aromatic N) is 5. The van der Waals surface area contributed by atoms with Crippen LogP contribution in [-0.4, -0.2) is 64.7 Å². The monoisotopic (exact) mass is 434 g/mol. The van der Waals surface area contributed by atoms with Gasteiger partial charge in [0.25, 0.3) is 5.69 Å². The average molecular weight is 434 g/mol. The number of anilines is 1. The predicted octanol–water partition coefficient (Wildman–Crippen LogP) is 0.220. The average Bonchev–Trinajstić information content (AvgIpc) is 3.27. The fourth-order valence-electron chi connectivity index (χ4n) is 3.26. The number of aliphatic hydroxyl groups excluding tert-OH is 3. The fourth-order valence-corrected chi connectivity index (χ4v) is 4.24. The minimum absolute atomic E-state index is 0.000289. The summed E-state index contributed by atoms with van der Waals surface area (Å²) in [7, 11) is 0. The lowest BCUT2D eigenvalue weighted by Crippen LogP contribution is -2.33. The molecule has 13 heteroatoms. The van der Waals surface area contributed by atoms with E-state index in [1.807, 2.05) is 0 Å². The number of thioether (sulfide) groups is 1. The number of para-hydroxylation sites is 1. The molecular weight excluding hydrogens is 416 g/mol. The number of aliphatic hydroxyl groups is 3. The Morgan fingerprint density at radius 2 is 2.03 bits per heavy atom. The maximum atomic E-state index is 11.2. The molecule has 1 aliphatic rings. The van der Waals surface area contributed by atoms with Gasteiger partial charge in [0.05, 0.1) is 17.9 Å². The third-order valence-corrected chi connectivity index (χ3v) is 5.76. The molecule has 3 aromatic rings. The van der Waals surface area contributed by atoms with Crippen LogP contribution in [0.15, 0.2) is 35.6 Å². The molecule has 4 atom stereocenters. The number of hydrogen-bond donors (Lipinski definition) is 4. The molecule has 30 heavy (non-hydrogen) atoms. The zero-order valence-electron chi connectivity index (χ0n) is 15.4. The maximum absolute atomic E-state index is 11.2. The number of hydrogen-bond acceptors (Lipinski definition) is 11. The van der Waals surface area contributed by atoms with E-state index >= 15 is 0 Å². The van der Waals surface area contributed by atoms with Crippen molar-refractivity contribution in [3.05, 3.63) is 46.3 Å². The van der Waals surface area contributed by atoms with Gasteiger partial charge < -0.3 is 25.8 Å². The number of rotatable bonds is 6. The van der Waals surface area contributed by atoms with Gasteiger partial charge in [-0.05, 0) is 0 Å². The number of aromatic nitrogens is 4. The van der Waals surface area contributed by atoms with E-state index in [-0.39, 0.29) is 23.0 Å². The van der Waals surface area contributed by atoms with Gasteiger partial charge in [0, 0.05) is 17.4 Å². The fraction of sp³-hybridized carbons (Fsp3) is 0.353. The molecule has 0 saturated carbocycles. The van der Waals surface area contributed by atoms with E-state index in [1.165, 1.54) is 28.7 Å². The van der Waals surface area contributed by atoms with Crippen molar-refractivity contribution in [1.29, 1.82) is 0 Å². The van der Waals surface area contributed by atoms with Crippen molar-refractivity contribution in [3.63, 3.8) is 0 Å². The molecule has 0 bridgehead atoms. The molecule has 5 N–H and O–H groups in total. The third kappa shape index (κ3) is 3.57. The van der Waals surface area contributed by atoms with E-state index in [1.54, 1.807) is 18.2 Å². The van der Waals surface area contributed by atoms with Crippen LogP contribution in [0.5, 0.6) is 0 Å². The number of fused-ring (bicyclic) bond motifs is 1. The molecule has 1 aliphatic heterocycles. The molecule has 1 aromatic carbocycles. The molecule has 0 amide bonds. The Labute approximate surface area is 173 Å². The summed E-state index contributed by atoms with van der Waals surface area (Å²) in [6, 6.07) is 6.39. The summed E-state index contributed by atoms with van der Waals surface area (Å²) < 4.78 is 6.94. The summed E-state index contributed by atoms with van der Waals surface area (Å²) in [6.07, 6.45) is -3.18.